The van der Waals surface area contributed by atoms with Gasteiger partial charge in [-0.1, -0.05) is 12.1 Å². The lowest BCUT2D eigenvalue weighted by atomic mass is 10.1. The number of nitriles is 1. The van der Waals surface area contributed by atoms with Gasteiger partial charge < -0.3 is 9.47 Å². The van der Waals surface area contributed by atoms with Gasteiger partial charge in [-0.2, -0.15) is 5.26 Å². The third-order valence-corrected chi connectivity index (χ3v) is 2.84. The Labute approximate surface area is 125 Å². The highest BCUT2D eigenvalue weighted by molar-refractivity contribution is 5.71. The molecule has 0 aliphatic heterocycles. The maximum atomic E-state index is 11.6. The molecule has 0 amide bonds. The van der Waals surface area contributed by atoms with Crippen LogP contribution in [0.5, 0.6) is 5.75 Å². The minimum Gasteiger partial charge on any atom is -0.495 e. The van der Waals surface area contributed by atoms with Crippen molar-refractivity contribution in [3.8, 4) is 11.8 Å². The fourth-order valence-electron chi connectivity index (χ4n) is 1.96. The lowest BCUT2D eigenvalue weighted by molar-refractivity contribution is -0.144. The first-order valence-corrected chi connectivity index (χ1v) is 6.70. The van der Waals surface area contributed by atoms with E-state index in [4.69, 9.17) is 14.7 Å². The van der Waals surface area contributed by atoms with Crippen LogP contribution in [-0.2, 0) is 16.1 Å². The highest BCUT2D eigenvalue weighted by atomic mass is 16.5. The van der Waals surface area contributed by atoms with Crippen molar-refractivity contribution < 1.29 is 14.3 Å². The number of ether oxygens (including phenoxy) is 2. The first-order chi connectivity index (χ1) is 10.1. The van der Waals surface area contributed by atoms with Gasteiger partial charge in [0.2, 0.25) is 0 Å². The van der Waals surface area contributed by atoms with Crippen LogP contribution in [0.25, 0.3) is 0 Å². The van der Waals surface area contributed by atoms with Crippen LogP contribution in [-0.4, -0.2) is 37.7 Å². The van der Waals surface area contributed by atoms with Crippen molar-refractivity contribution in [2.45, 2.75) is 13.5 Å². The number of methoxy groups -OCH3 is 1. The molecule has 0 saturated heterocycles. The zero-order valence-corrected chi connectivity index (χ0v) is 12.5. The van der Waals surface area contributed by atoms with Gasteiger partial charge in [-0.15, -0.1) is 6.58 Å². The Kier molecular flexibility index (Phi) is 6.99. The van der Waals surface area contributed by atoms with Crippen molar-refractivity contribution in [2.24, 2.45) is 0 Å². The lowest BCUT2D eigenvalue weighted by Gasteiger charge is -2.20. The van der Waals surface area contributed by atoms with Crippen LogP contribution in [0.4, 0.5) is 0 Å². The number of benzene rings is 1. The topological polar surface area (TPSA) is 62.6 Å². The summed E-state index contributed by atoms with van der Waals surface area (Å²) in [6, 6.07) is 7.49. The van der Waals surface area contributed by atoms with E-state index in [2.05, 4.69) is 12.6 Å². The van der Waals surface area contributed by atoms with Crippen LogP contribution in [0, 0.1) is 11.3 Å². The molecule has 0 bridgehead atoms. The van der Waals surface area contributed by atoms with E-state index in [1.807, 2.05) is 11.0 Å². The summed E-state index contributed by atoms with van der Waals surface area (Å²) in [7, 11) is 1.53. The molecule has 112 valence electrons. The van der Waals surface area contributed by atoms with E-state index in [-0.39, 0.29) is 12.5 Å². The molecule has 21 heavy (non-hydrogen) atoms. The summed E-state index contributed by atoms with van der Waals surface area (Å²) >= 11 is 0. The van der Waals surface area contributed by atoms with Crippen molar-refractivity contribution in [1.82, 2.24) is 4.90 Å². The molecule has 0 spiro atoms. The average molecular weight is 288 g/mol. The van der Waals surface area contributed by atoms with Crippen LogP contribution in [0.2, 0.25) is 0 Å². The number of esters is 1. The number of hydrogen-bond donors (Lipinski definition) is 0. The molecule has 0 saturated carbocycles. The normalized spacial score (nSPS) is 10.0. The second-order valence-corrected chi connectivity index (χ2v) is 4.41. The minimum atomic E-state index is -0.270. The lowest BCUT2D eigenvalue weighted by Crippen LogP contribution is -2.30. The van der Waals surface area contributed by atoms with E-state index in [9.17, 15) is 4.79 Å². The van der Waals surface area contributed by atoms with E-state index < -0.39 is 0 Å². The van der Waals surface area contributed by atoms with Crippen molar-refractivity contribution in [3.05, 3.63) is 42.0 Å². The van der Waals surface area contributed by atoms with Crippen LogP contribution in [0.1, 0.15) is 18.1 Å². The molecule has 0 N–H and O–H groups in total. The third-order valence-electron chi connectivity index (χ3n) is 2.84. The summed E-state index contributed by atoms with van der Waals surface area (Å²) < 4.78 is 10.1. The Bertz CT molecular complexity index is 535. The first-order valence-electron chi connectivity index (χ1n) is 6.70. The van der Waals surface area contributed by atoms with Gasteiger partial charge in [0, 0.05) is 13.1 Å². The highest BCUT2D eigenvalue weighted by Crippen LogP contribution is 2.19. The van der Waals surface area contributed by atoms with Crippen molar-refractivity contribution in [3.63, 3.8) is 0 Å². The molecule has 0 heterocycles. The number of rotatable bonds is 8. The summed E-state index contributed by atoms with van der Waals surface area (Å²) in [6.07, 6.45) is 1.73. The Morgan fingerprint density at radius 3 is 2.86 bits per heavy atom. The fraction of sp³-hybridized carbons (Fsp3) is 0.375. The molecule has 0 atom stereocenters. The molecule has 0 unspecified atom stereocenters. The average Bonchev–Trinajstić information content (AvgIpc) is 2.47. The van der Waals surface area contributed by atoms with Crippen LogP contribution >= 0.6 is 0 Å². The van der Waals surface area contributed by atoms with Crippen molar-refractivity contribution in [1.29, 1.82) is 5.26 Å². The molecule has 1 rings (SSSR count). The second-order valence-electron chi connectivity index (χ2n) is 4.41. The zero-order valence-electron chi connectivity index (χ0n) is 12.5. The van der Waals surface area contributed by atoms with Gasteiger partial charge >= 0.3 is 5.97 Å². The smallest absolute Gasteiger partial charge is 0.320 e. The van der Waals surface area contributed by atoms with E-state index in [1.165, 1.54) is 7.11 Å². The maximum Gasteiger partial charge on any atom is 0.320 e. The summed E-state index contributed by atoms with van der Waals surface area (Å²) in [5.74, 6) is 0.273. The highest BCUT2D eigenvalue weighted by Gasteiger charge is 2.12. The quantitative estimate of drug-likeness (QED) is 0.541. The molecule has 0 aliphatic carbocycles. The van der Waals surface area contributed by atoms with Crippen molar-refractivity contribution in [2.75, 3.05) is 26.8 Å². The summed E-state index contributed by atoms with van der Waals surface area (Å²) in [4.78, 5) is 13.5. The van der Waals surface area contributed by atoms with Crippen LogP contribution in [0.3, 0.4) is 0 Å². The van der Waals surface area contributed by atoms with Gasteiger partial charge in [0.05, 0.1) is 25.8 Å². The molecule has 1 aromatic carbocycles. The fourth-order valence-corrected chi connectivity index (χ4v) is 1.96. The van der Waals surface area contributed by atoms with Gasteiger partial charge in [0.25, 0.3) is 0 Å². The number of hydrogen-bond acceptors (Lipinski definition) is 5. The molecule has 0 radical (unpaired) electrons. The predicted octanol–water partition coefficient (Wildman–Crippen LogP) is 2.12. The number of carbonyl (C=O) groups excluding carboxylic acids is 1. The van der Waals surface area contributed by atoms with Gasteiger partial charge in [-0.25, -0.2) is 0 Å². The largest absolute Gasteiger partial charge is 0.495 e. The number of carbonyl (C=O) groups is 1. The molecule has 0 fully saturated rings. The molecular formula is C16H20N2O3. The first kappa shape index (κ1) is 16.7. The molecule has 0 aliphatic rings. The van der Waals surface area contributed by atoms with Crippen molar-refractivity contribution >= 4 is 5.97 Å². The third kappa shape index (κ3) is 5.28. The summed E-state index contributed by atoms with van der Waals surface area (Å²) in [6.45, 7) is 7.11. The molecule has 1 aromatic rings. The van der Waals surface area contributed by atoms with Crippen LogP contribution in [0.15, 0.2) is 30.9 Å². The Hall–Kier alpha value is -2.32. The van der Waals surface area contributed by atoms with Gasteiger partial charge in [-0.05, 0) is 24.6 Å². The van der Waals surface area contributed by atoms with Gasteiger partial charge in [0.15, 0.2) is 0 Å². The van der Waals surface area contributed by atoms with E-state index in [1.54, 1.807) is 25.1 Å². The van der Waals surface area contributed by atoms with Crippen LogP contribution < -0.4 is 4.74 Å². The van der Waals surface area contributed by atoms with Gasteiger partial charge in [-0.3, -0.25) is 9.69 Å². The maximum absolute atomic E-state index is 11.6. The SMILES string of the molecule is C=CCN(CC(=O)OCC)Cc1ccc(OC)c(C#N)c1. The zero-order chi connectivity index (χ0) is 15.7. The Morgan fingerprint density at radius 1 is 1.52 bits per heavy atom. The van der Waals surface area contributed by atoms with E-state index in [0.29, 0.717) is 31.0 Å². The molecular weight excluding hydrogens is 268 g/mol. The standard InChI is InChI=1S/C16H20N2O3/c1-4-8-18(12-16(19)21-5-2)11-13-6-7-15(20-3)14(9-13)10-17/h4,6-7,9H,1,5,8,11-12H2,2-3H3. The minimum absolute atomic E-state index is 0.188. The Balaban J connectivity index is 2.81. The monoisotopic (exact) mass is 288 g/mol. The summed E-state index contributed by atoms with van der Waals surface area (Å²) in [5.41, 5.74) is 1.41. The molecule has 5 heteroatoms. The second kappa shape index (κ2) is 8.77. The summed E-state index contributed by atoms with van der Waals surface area (Å²) in [5, 5.41) is 9.09. The molecule has 0 aromatic heterocycles. The predicted molar refractivity (Wildman–Crippen MR) is 79.8 cm³/mol. The van der Waals surface area contributed by atoms with Gasteiger partial charge in [0.1, 0.15) is 11.8 Å². The number of nitrogens with zero attached hydrogens (tertiary/aromatic N) is 2. The Morgan fingerprint density at radius 2 is 2.29 bits per heavy atom. The van der Waals surface area contributed by atoms with E-state index >= 15 is 0 Å². The van der Waals surface area contributed by atoms with E-state index in [0.717, 1.165) is 5.56 Å². The molecule has 5 nitrogen and oxygen atoms in total.